The van der Waals surface area contributed by atoms with Crippen LogP contribution in [0.5, 0.6) is 0 Å². The summed E-state index contributed by atoms with van der Waals surface area (Å²) in [5.74, 6) is 0. The highest BCUT2D eigenvalue weighted by atomic mass is 15.3. The van der Waals surface area contributed by atoms with Gasteiger partial charge < -0.3 is 5.32 Å². The zero-order valence-corrected chi connectivity index (χ0v) is 13.9. The summed E-state index contributed by atoms with van der Waals surface area (Å²) in [6, 6.07) is 8.40. The van der Waals surface area contributed by atoms with E-state index in [0.29, 0.717) is 0 Å². The van der Waals surface area contributed by atoms with Gasteiger partial charge >= 0.3 is 0 Å². The third-order valence-electron chi connectivity index (χ3n) is 4.24. The van der Waals surface area contributed by atoms with Crippen LogP contribution in [0.4, 0.5) is 0 Å². The number of H-pyrrole nitrogens is 1. The van der Waals surface area contributed by atoms with Gasteiger partial charge in [-0.3, -0.25) is 5.10 Å². The Balaban J connectivity index is 1.56. The summed E-state index contributed by atoms with van der Waals surface area (Å²) in [6.07, 6.45) is 4.76. The quantitative estimate of drug-likeness (QED) is 0.688. The fraction of sp³-hybridized carbons (Fsp3) is 0.333. The van der Waals surface area contributed by atoms with Crippen molar-refractivity contribution in [2.75, 3.05) is 6.54 Å². The number of aromatic amines is 1. The maximum Gasteiger partial charge on any atom is 0.0648 e. The molecule has 0 aliphatic rings. The molecule has 0 bridgehead atoms. The lowest BCUT2D eigenvalue weighted by atomic mass is 10.1. The molecule has 0 unspecified atom stereocenters. The van der Waals surface area contributed by atoms with Crippen molar-refractivity contribution in [2.45, 2.75) is 33.7 Å². The molecule has 2 heterocycles. The second-order valence-electron chi connectivity index (χ2n) is 5.90. The molecule has 0 radical (unpaired) electrons. The predicted octanol–water partition coefficient (Wildman–Crippen LogP) is 2.85. The Hall–Kier alpha value is -2.40. The zero-order chi connectivity index (χ0) is 16.2. The van der Waals surface area contributed by atoms with Crippen molar-refractivity contribution in [3.63, 3.8) is 0 Å². The molecular formula is C18H23N5. The van der Waals surface area contributed by atoms with Crippen molar-refractivity contribution < 1.29 is 0 Å². The molecule has 2 aromatic heterocycles. The number of hydrogen-bond donors (Lipinski definition) is 2. The number of aryl methyl sites for hydroxylation is 3. The average molecular weight is 309 g/mol. The van der Waals surface area contributed by atoms with Gasteiger partial charge in [-0.15, -0.1) is 0 Å². The summed E-state index contributed by atoms with van der Waals surface area (Å²) >= 11 is 0. The molecule has 0 atom stereocenters. The molecule has 3 aromatic rings. The van der Waals surface area contributed by atoms with Crippen LogP contribution in [0.2, 0.25) is 0 Å². The molecule has 23 heavy (non-hydrogen) atoms. The lowest BCUT2D eigenvalue weighted by Crippen LogP contribution is -2.18. The summed E-state index contributed by atoms with van der Waals surface area (Å²) < 4.78 is 1.88. The summed E-state index contributed by atoms with van der Waals surface area (Å²) in [6.45, 7) is 8.10. The standard InChI is InChI=1S/C18H23N5/c1-13-11-17(23-10-4-8-20-23)6-5-16(13)12-19-9-7-18-14(2)21-22-15(18)3/h4-6,8,10-11,19H,7,9,12H2,1-3H3,(H,21,22). The highest BCUT2D eigenvalue weighted by Crippen LogP contribution is 2.14. The molecule has 0 aliphatic carbocycles. The van der Waals surface area contributed by atoms with Crippen molar-refractivity contribution >= 4 is 0 Å². The first-order valence-corrected chi connectivity index (χ1v) is 7.96. The number of rotatable bonds is 6. The van der Waals surface area contributed by atoms with Crippen LogP contribution >= 0.6 is 0 Å². The lowest BCUT2D eigenvalue weighted by molar-refractivity contribution is 0.681. The average Bonchev–Trinajstić information content (AvgIpc) is 3.17. The van der Waals surface area contributed by atoms with Gasteiger partial charge in [0.1, 0.15) is 0 Å². The van der Waals surface area contributed by atoms with Crippen LogP contribution in [0.15, 0.2) is 36.7 Å². The van der Waals surface area contributed by atoms with Crippen LogP contribution in [0.25, 0.3) is 5.69 Å². The zero-order valence-electron chi connectivity index (χ0n) is 13.9. The Labute approximate surface area is 136 Å². The molecule has 0 fully saturated rings. The second-order valence-corrected chi connectivity index (χ2v) is 5.90. The Kier molecular flexibility index (Phi) is 4.57. The van der Waals surface area contributed by atoms with E-state index < -0.39 is 0 Å². The molecular weight excluding hydrogens is 286 g/mol. The van der Waals surface area contributed by atoms with E-state index in [1.165, 1.54) is 22.4 Å². The minimum atomic E-state index is 0.876. The molecule has 1 aromatic carbocycles. The summed E-state index contributed by atoms with van der Waals surface area (Å²) in [4.78, 5) is 0. The lowest BCUT2D eigenvalue weighted by Gasteiger charge is -2.10. The van der Waals surface area contributed by atoms with Gasteiger partial charge in [-0.2, -0.15) is 10.2 Å². The van der Waals surface area contributed by atoms with Gasteiger partial charge in [0.05, 0.1) is 11.4 Å². The normalized spacial score (nSPS) is 11.1. The third-order valence-corrected chi connectivity index (χ3v) is 4.24. The van der Waals surface area contributed by atoms with E-state index in [1.54, 1.807) is 6.20 Å². The van der Waals surface area contributed by atoms with Gasteiger partial charge in [0.15, 0.2) is 0 Å². The van der Waals surface area contributed by atoms with Gasteiger partial charge in [-0.25, -0.2) is 4.68 Å². The van der Waals surface area contributed by atoms with Crippen molar-refractivity contribution in [3.8, 4) is 5.69 Å². The maximum atomic E-state index is 4.27. The number of hydrogen-bond acceptors (Lipinski definition) is 3. The van der Waals surface area contributed by atoms with E-state index in [9.17, 15) is 0 Å². The number of aromatic nitrogens is 4. The fourth-order valence-electron chi connectivity index (χ4n) is 2.82. The van der Waals surface area contributed by atoms with Gasteiger partial charge in [-0.05, 0) is 68.6 Å². The minimum absolute atomic E-state index is 0.876. The van der Waals surface area contributed by atoms with E-state index in [0.717, 1.165) is 30.9 Å². The van der Waals surface area contributed by atoms with Crippen LogP contribution in [-0.4, -0.2) is 26.5 Å². The molecule has 5 nitrogen and oxygen atoms in total. The molecule has 5 heteroatoms. The molecule has 0 amide bonds. The molecule has 0 aliphatic heterocycles. The number of nitrogens with zero attached hydrogens (tertiary/aromatic N) is 3. The molecule has 3 rings (SSSR count). The van der Waals surface area contributed by atoms with Crippen molar-refractivity contribution in [1.82, 2.24) is 25.3 Å². The second kappa shape index (κ2) is 6.79. The van der Waals surface area contributed by atoms with Crippen LogP contribution in [-0.2, 0) is 13.0 Å². The molecule has 0 spiro atoms. The van der Waals surface area contributed by atoms with Crippen LogP contribution in [0.1, 0.15) is 28.1 Å². The van der Waals surface area contributed by atoms with Gasteiger partial charge in [0.25, 0.3) is 0 Å². The van der Waals surface area contributed by atoms with Gasteiger partial charge in [0.2, 0.25) is 0 Å². The van der Waals surface area contributed by atoms with Crippen molar-refractivity contribution in [3.05, 3.63) is 64.7 Å². The smallest absolute Gasteiger partial charge is 0.0648 e. The van der Waals surface area contributed by atoms with E-state index in [-0.39, 0.29) is 0 Å². The third kappa shape index (κ3) is 3.51. The maximum absolute atomic E-state index is 4.27. The fourth-order valence-corrected chi connectivity index (χ4v) is 2.82. The van der Waals surface area contributed by atoms with Crippen LogP contribution in [0, 0.1) is 20.8 Å². The monoisotopic (exact) mass is 309 g/mol. The van der Waals surface area contributed by atoms with Crippen LogP contribution < -0.4 is 5.32 Å². The highest BCUT2D eigenvalue weighted by molar-refractivity contribution is 5.39. The van der Waals surface area contributed by atoms with Crippen molar-refractivity contribution in [1.29, 1.82) is 0 Å². The van der Waals surface area contributed by atoms with Gasteiger partial charge in [0, 0.05) is 24.6 Å². The Morgan fingerprint density at radius 2 is 2.09 bits per heavy atom. The predicted molar refractivity (Wildman–Crippen MR) is 91.8 cm³/mol. The largest absolute Gasteiger partial charge is 0.312 e. The SMILES string of the molecule is Cc1cc(-n2cccn2)ccc1CNCCc1c(C)n[nH]c1C. The highest BCUT2D eigenvalue weighted by Gasteiger charge is 2.06. The number of nitrogens with one attached hydrogen (secondary N) is 2. The molecule has 0 saturated heterocycles. The van der Waals surface area contributed by atoms with E-state index in [4.69, 9.17) is 0 Å². The summed E-state index contributed by atoms with van der Waals surface area (Å²) in [5.41, 5.74) is 7.29. The molecule has 2 N–H and O–H groups in total. The first-order chi connectivity index (χ1) is 11.1. The molecule has 0 saturated carbocycles. The van der Waals surface area contributed by atoms with Gasteiger partial charge in [-0.1, -0.05) is 6.07 Å². The first-order valence-electron chi connectivity index (χ1n) is 7.96. The minimum Gasteiger partial charge on any atom is -0.312 e. The Morgan fingerprint density at radius 1 is 1.22 bits per heavy atom. The van der Waals surface area contributed by atoms with E-state index >= 15 is 0 Å². The number of benzene rings is 1. The van der Waals surface area contributed by atoms with E-state index in [2.05, 4.69) is 59.6 Å². The first kappa shape index (κ1) is 15.5. The van der Waals surface area contributed by atoms with Crippen LogP contribution in [0.3, 0.4) is 0 Å². The van der Waals surface area contributed by atoms with E-state index in [1.807, 2.05) is 16.9 Å². The summed E-state index contributed by atoms with van der Waals surface area (Å²) in [5, 5.41) is 15.1. The topological polar surface area (TPSA) is 58.5 Å². The molecule has 120 valence electrons. The Morgan fingerprint density at radius 3 is 2.74 bits per heavy atom. The van der Waals surface area contributed by atoms with Crippen molar-refractivity contribution in [2.24, 2.45) is 0 Å². The summed E-state index contributed by atoms with van der Waals surface area (Å²) in [7, 11) is 0. The Bertz CT molecular complexity index is 751.